The molecule has 1 aromatic carbocycles. The van der Waals surface area contributed by atoms with E-state index in [-0.39, 0.29) is 41.8 Å². The third-order valence-electron chi connectivity index (χ3n) is 10.8. The van der Waals surface area contributed by atoms with Crippen LogP contribution in [0.4, 0.5) is 0 Å². The first kappa shape index (κ1) is 28.7. The fourth-order valence-electron chi connectivity index (χ4n) is 8.88. The smallest absolute Gasteiger partial charge is 0.310 e. The van der Waals surface area contributed by atoms with E-state index in [0.29, 0.717) is 32.1 Å². The number of benzene rings is 1. The molecule has 3 fully saturated rings. The van der Waals surface area contributed by atoms with E-state index in [2.05, 4.69) is 6.92 Å². The molecule has 0 aliphatic heterocycles. The minimum atomic E-state index is -1.46. The maximum Gasteiger partial charge on any atom is 0.310 e. The highest BCUT2D eigenvalue weighted by Crippen LogP contribution is 2.68. The summed E-state index contributed by atoms with van der Waals surface area (Å²) in [4.78, 5) is 51.8. The van der Waals surface area contributed by atoms with E-state index < -0.39 is 41.4 Å². The van der Waals surface area contributed by atoms with Crippen LogP contribution in [0.15, 0.2) is 42.0 Å². The number of hydrogen-bond acceptors (Lipinski definition) is 7. The zero-order valence-electron chi connectivity index (χ0n) is 23.9. The molecule has 7 nitrogen and oxygen atoms in total. The Kier molecular flexibility index (Phi) is 7.81. The van der Waals surface area contributed by atoms with Crippen molar-refractivity contribution in [1.29, 1.82) is 0 Å². The van der Waals surface area contributed by atoms with Gasteiger partial charge < -0.3 is 14.6 Å². The Labute approximate surface area is 236 Å². The highest BCUT2D eigenvalue weighted by Gasteiger charge is 2.70. The molecule has 216 valence electrons. The van der Waals surface area contributed by atoms with E-state index in [1.165, 1.54) is 0 Å². The molecule has 0 unspecified atom stereocenters. The zero-order valence-corrected chi connectivity index (χ0v) is 23.9. The summed E-state index contributed by atoms with van der Waals surface area (Å²) in [6.07, 6.45) is 6.15. The molecule has 1 aromatic rings. The van der Waals surface area contributed by atoms with Gasteiger partial charge in [-0.15, -0.1) is 0 Å². The van der Waals surface area contributed by atoms with Crippen LogP contribution in [0.1, 0.15) is 84.1 Å². The van der Waals surface area contributed by atoms with Crippen molar-refractivity contribution in [3.8, 4) is 0 Å². The number of carbonyl (C=O) groups is 4. The SMILES string of the molecule is CCCC(=O)O[C@@]1(C(=O)COC(=O)Cc2ccccc2)CC[C@H]2[C@@H]3CCC4=CC(=O)CC[C@]4(C)[C@H]3[C@@H](O)C[C@@]21C. The summed E-state index contributed by atoms with van der Waals surface area (Å²) in [6.45, 7) is 5.60. The molecule has 0 aromatic heterocycles. The first-order chi connectivity index (χ1) is 19.0. The topological polar surface area (TPSA) is 107 Å². The van der Waals surface area contributed by atoms with Gasteiger partial charge in [-0.3, -0.25) is 19.2 Å². The summed E-state index contributed by atoms with van der Waals surface area (Å²) in [5.74, 6) is -0.990. The van der Waals surface area contributed by atoms with Crippen LogP contribution < -0.4 is 0 Å². The van der Waals surface area contributed by atoms with E-state index >= 15 is 0 Å². The summed E-state index contributed by atoms with van der Waals surface area (Å²) in [5, 5.41) is 11.8. The number of aliphatic hydroxyl groups is 1. The minimum Gasteiger partial charge on any atom is -0.457 e. The lowest BCUT2D eigenvalue weighted by Gasteiger charge is -2.60. The number of hydrogen-bond donors (Lipinski definition) is 1. The molecule has 1 N–H and O–H groups in total. The van der Waals surface area contributed by atoms with Crippen LogP contribution in [0.5, 0.6) is 0 Å². The molecule has 7 atom stereocenters. The zero-order chi connectivity index (χ0) is 28.7. The molecule has 0 radical (unpaired) electrons. The Morgan fingerprint density at radius 2 is 1.77 bits per heavy atom. The van der Waals surface area contributed by atoms with Crippen LogP contribution in [0.2, 0.25) is 0 Å². The number of aliphatic hydroxyl groups excluding tert-OH is 1. The Bertz CT molecular complexity index is 1200. The molecule has 7 heteroatoms. The number of ether oxygens (including phenoxy) is 2. The standard InChI is InChI=1S/C33H42O7/c1-4-8-28(37)40-33(27(36)20-39-29(38)17-21-9-6-5-7-10-21)16-14-25-24-12-11-22-18-23(34)13-15-31(22,2)30(24)26(35)19-32(25,33)3/h5-7,9-10,18,24-26,30,35H,4,8,11-17,19-20H2,1-3H3/t24-,25-,26-,30+,31-,32-,33+/m0/s1. The van der Waals surface area contributed by atoms with Crippen LogP contribution >= 0.6 is 0 Å². The van der Waals surface area contributed by atoms with E-state index in [4.69, 9.17) is 9.47 Å². The fourth-order valence-corrected chi connectivity index (χ4v) is 8.88. The monoisotopic (exact) mass is 550 g/mol. The van der Waals surface area contributed by atoms with Gasteiger partial charge in [0.25, 0.3) is 0 Å². The van der Waals surface area contributed by atoms with Crippen molar-refractivity contribution in [2.45, 2.75) is 96.7 Å². The lowest BCUT2D eigenvalue weighted by atomic mass is 9.45. The van der Waals surface area contributed by atoms with Crippen LogP contribution in [0.25, 0.3) is 0 Å². The number of rotatable bonds is 8. The molecule has 0 bridgehead atoms. The Morgan fingerprint density at radius 1 is 1.02 bits per heavy atom. The fraction of sp³-hybridized carbons (Fsp3) is 0.636. The number of ketones is 2. The second-order valence-electron chi connectivity index (χ2n) is 12.9. The minimum absolute atomic E-state index is 0.0142. The number of fused-ring (bicyclic) bond motifs is 5. The molecule has 40 heavy (non-hydrogen) atoms. The molecule has 4 aliphatic carbocycles. The maximum atomic E-state index is 14.0. The van der Waals surface area contributed by atoms with Crippen LogP contribution in [0.3, 0.4) is 0 Å². The Hall–Kier alpha value is -2.80. The van der Waals surface area contributed by atoms with Crippen LogP contribution in [-0.4, -0.2) is 46.9 Å². The third-order valence-corrected chi connectivity index (χ3v) is 10.8. The molecule has 0 saturated heterocycles. The number of esters is 2. The van der Waals surface area contributed by atoms with Crippen molar-refractivity contribution in [1.82, 2.24) is 0 Å². The van der Waals surface area contributed by atoms with E-state index in [0.717, 1.165) is 30.4 Å². The first-order valence-electron chi connectivity index (χ1n) is 14.9. The first-order valence-corrected chi connectivity index (χ1v) is 14.9. The lowest BCUT2D eigenvalue weighted by Crippen LogP contribution is -2.63. The van der Waals surface area contributed by atoms with Gasteiger partial charge in [0, 0.05) is 18.3 Å². The summed E-state index contributed by atoms with van der Waals surface area (Å²) in [7, 11) is 0. The summed E-state index contributed by atoms with van der Waals surface area (Å²) in [5.41, 5.74) is -0.557. The van der Waals surface area contributed by atoms with Gasteiger partial charge in [-0.1, -0.05) is 56.7 Å². The molecule has 3 saturated carbocycles. The molecule has 0 heterocycles. The van der Waals surface area contributed by atoms with Crippen molar-refractivity contribution in [2.24, 2.45) is 28.6 Å². The summed E-state index contributed by atoms with van der Waals surface area (Å²) >= 11 is 0. The predicted octanol–water partition coefficient (Wildman–Crippen LogP) is 4.93. The van der Waals surface area contributed by atoms with Crippen molar-refractivity contribution >= 4 is 23.5 Å². The Morgan fingerprint density at radius 3 is 2.50 bits per heavy atom. The lowest BCUT2D eigenvalue weighted by molar-refractivity contribution is -0.203. The molecular formula is C33H42O7. The molecule has 4 aliphatic rings. The van der Waals surface area contributed by atoms with Gasteiger partial charge in [0.1, 0.15) is 0 Å². The molecule has 0 amide bonds. The van der Waals surface area contributed by atoms with Gasteiger partial charge >= 0.3 is 11.9 Å². The van der Waals surface area contributed by atoms with E-state index in [1.54, 1.807) is 6.08 Å². The molecule has 0 spiro atoms. The Balaban J connectivity index is 1.41. The van der Waals surface area contributed by atoms with Gasteiger partial charge in [-0.25, -0.2) is 0 Å². The maximum absolute atomic E-state index is 14.0. The third kappa shape index (κ3) is 4.74. The normalized spacial score (nSPS) is 36.5. The van der Waals surface area contributed by atoms with Crippen LogP contribution in [-0.2, 0) is 35.1 Å². The average Bonchev–Trinajstić information content (AvgIpc) is 3.20. The van der Waals surface area contributed by atoms with Gasteiger partial charge in [0.05, 0.1) is 12.5 Å². The highest BCUT2D eigenvalue weighted by atomic mass is 16.6. The second kappa shape index (κ2) is 10.9. The van der Waals surface area contributed by atoms with Crippen LogP contribution in [0, 0.1) is 28.6 Å². The quantitative estimate of drug-likeness (QED) is 0.458. The molecular weight excluding hydrogens is 508 g/mol. The number of Topliss-reactive ketones (excluding diaryl/α,β-unsaturated/α-hetero) is 1. The summed E-state index contributed by atoms with van der Waals surface area (Å²) in [6, 6.07) is 9.20. The van der Waals surface area contributed by atoms with E-state index in [1.807, 2.05) is 44.2 Å². The average molecular weight is 551 g/mol. The largest absolute Gasteiger partial charge is 0.457 e. The van der Waals surface area contributed by atoms with Crippen molar-refractivity contribution in [3.05, 3.63) is 47.5 Å². The van der Waals surface area contributed by atoms with Crippen molar-refractivity contribution < 1.29 is 33.8 Å². The van der Waals surface area contributed by atoms with E-state index in [9.17, 15) is 24.3 Å². The second-order valence-corrected chi connectivity index (χ2v) is 12.9. The number of carbonyl (C=O) groups excluding carboxylic acids is 4. The highest BCUT2D eigenvalue weighted by molar-refractivity contribution is 5.93. The van der Waals surface area contributed by atoms with Crippen molar-refractivity contribution in [2.75, 3.05) is 6.61 Å². The number of allylic oxidation sites excluding steroid dienone is 1. The summed E-state index contributed by atoms with van der Waals surface area (Å²) < 4.78 is 11.6. The van der Waals surface area contributed by atoms with Gasteiger partial charge in [-0.05, 0) is 79.8 Å². The van der Waals surface area contributed by atoms with Gasteiger partial charge in [0.15, 0.2) is 18.0 Å². The molecule has 5 rings (SSSR count). The van der Waals surface area contributed by atoms with Gasteiger partial charge in [-0.2, -0.15) is 0 Å². The van der Waals surface area contributed by atoms with Gasteiger partial charge in [0.2, 0.25) is 5.78 Å². The predicted molar refractivity (Wildman–Crippen MR) is 148 cm³/mol. The van der Waals surface area contributed by atoms with Crippen molar-refractivity contribution in [3.63, 3.8) is 0 Å².